The SMILES string of the molecule is Cc1cc(-n2c3[c-]c(Oc4[c-]c(-n5[c](=[Pt])n(-c6c7c(cc8c6C6(CCc9ccccc96)CC8)CCC76CCc7ccccc76)c6ccccc65)ccc4)ccc3c3ccccc32)ncc1-c1ccc(C2CCCCC2)cc1. The normalized spacial score (nSPS) is 19.5. The van der Waals surface area contributed by atoms with Gasteiger partial charge in [-0.05, 0) is 42.4 Å². The van der Waals surface area contributed by atoms with Crippen molar-refractivity contribution in [2.45, 2.75) is 107 Å². The summed E-state index contributed by atoms with van der Waals surface area (Å²) in [7, 11) is 0. The number of benzene rings is 8. The summed E-state index contributed by atoms with van der Waals surface area (Å²) >= 11 is 2.64. The standard InChI is InChI=1S/C71H58N4O.Pt/c1-46-40-66(72-44-59(46)49-28-26-48(27-29-49)47-14-3-2-4-15-47)75-62-23-10-7-20-57(62)58-31-30-56(43-65(58)75)76-55-19-13-18-54(42-55)73-45-74(64-25-12-11-24-63(64)73)69-67-52(34-38-70(67)36-32-50-16-5-8-21-60(50)70)41-53-35-39-71(68(53)69)37-33-51-17-6-9-22-61(51)71;/h5-13,16-31,40-41,44,47H,2-4,14-15,32-39H2,1H3;/q-2;. The van der Waals surface area contributed by atoms with Crippen molar-refractivity contribution >= 4 is 32.8 Å². The van der Waals surface area contributed by atoms with Crippen LogP contribution in [-0.4, -0.2) is 18.7 Å². The van der Waals surface area contributed by atoms with Crippen molar-refractivity contribution in [1.29, 1.82) is 0 Å². The summed E-state index contributed by atoms with van der Waals surface area (Å²) in [5.41, 5.74) is 24.1. The molecule has 5 aliphatic rings. The first-order valence-corrected chi connectivity index (χ1v) is 29.4. The van der Waals surface area contributed by atoms with Crippen LogP contribution < -0.4 is 4.74 Å². The Labute approximate surface area is 461 Å². The van der Waals surface area contributed by atoms with Gasteiger partial charge in [-0.3, -0.25) is 0 Å². The van der Waals surface area contributed by atoms with Gasteiger partial charge in [0.15, 0.2) is 0 Å². The van der Waals surface area contributed by atoms with Crippen molar-refractivity contribution in [1.82, 2.24) is 18.7 Å². The van der Waals surface area contributed by atoms with Gasteiger partial charge in [-0.15, -0.1) is 0 Å². The molecule has 0 bridgehead atoms. The molecule has 5 nitrogen and oxygen atoms in total. The van der Waals surface area contributed by atoms with Crippen LogP contribution in [0.3, 0.4) is 0 Å². The minimum Gasteiger partial charge on any atom is -0.0581 e. The molecule has 380 valence electrons. The molecule has 6 heteroatoms. The summed E-state index contributed by atoms with van der Waals surface area (Å²) in [5.74, 6) is 2.82. The zero-order valence-corrected chi connectivity index (χ0v) is 45.7. The van der Waals surface area contributed by atoms with Crippen LogP contribution >= 0.6 is 0 Å². The molecule has 0 saturated heterocycles. The Balaban J connectivity index is 0.806. The maximum absolute atomic E-state index is 6.88. The molecule has 11 aromatic rings. The predicted octanol–water partition coefficient (Wildman–Crippen LogP) is 16.8. The molecule has 2 atom stereocenters. The van der Waals surface area contributed by atoms with Gasteiger partial charge in [-0.2, -0.15) is 0 Å². The Kier molecular flexibility index (Phi) is 10.5. The monoisotopic (exact) mass is 1180 g/mol. The molecule has 2 unspecified atom stereocenters. The molecule has 0 radical (unpaired) electrons. The molecular weight excluding hydrogens is 1120 g/mol. The number of imidazole rings is 1. The topological polar surface area (TPSA) is 36.9 Å². The first-order valence-electron chi connectivity index (χ1n) is 28.2. The number of rotatable bonds is 7. The number of fused-ring (bicyclic) bond motifs is 12. The fourth-order valence-electron chi connectivity index (χ4n) is 15.6. The van der Waals surface area contributed by atoms with Crippen LogP contribution in [0.2, 0.25) is 0 Å². The van der Waals surface area contributed by atoms with E-state index in [1.54, 1.807) is 33.4 Å². The summed E-state index contributed by atoms with van der Waals surface area (Å²) in [6, 6.07) is 68.6. The maximum atomic E-state index is 6.88. The van der Waals surface area contributed by atoms with E-state index in [0.29, 0.717) is 17.4 Å². The second kappa shape index (κ2) is 17.6. The molecule has 2 spiro atoms. The third kappa shape index (κ3) is 6.88. The molecule has 5 aliphatic carbocycles. The second-order valence-electron chi connectivity index (χ2n) is 22.9. The smallest absolute Gasteiger partial charge is 0.0581 e. The minimum atomic E-state index is -0.0279. The van der Waals surface area contributed by atoms with E-state index in [2.05, 4.69) is 204 Å². The van der Waals surface area contributed by atoms with Crippen LogP contribution in [0.4, 0.5) is 0 Å². The molecule has 77 heavy (non-hydrogen) atoms. The minimum absolute atomic E-state index is 0.0279. The average molecular weight is 1180 g/mol. The molecule has 16 rings (SSSR count). The molecular formula is C71H58N4OPt-2. The molecule has 1 fully saturated rings. The third-order valence-corrected chi connectivity index (χ3v) is 20.1. The third-order valence-electron chi connectivity index (χ3n) is 19.1. The molecule has 0 aliphatic heterocycles. The van der Waals surface area contributed by atoms with E-state index in [4.69, 9.17) is 9.72 Å². The summed E-state index contributed by atoms with van der Waals surface area (Å²) in [6.45, 7) is 2.20. The van der Waals surface area contributed by atoms with E-state index in [0.717, 1.165) is 99.6 Å². The summed E-state index contributed by atoms with van der Waals surface area (Å²) in [5, 5.41) is 2.26. The number of aromatic nitrogens is 4. The van der Waals surface area contributed by atoms with Gasteiger partial charge in [0.25, 0.3) is 0 Å². The number of pyridine rings is 1. The van der Waals surface area contributed by atoms with Crippen LogP contribution in [0.1, 0.15) is 119 Å². The molecule has 3 aromatic heterocycles. The Bertz CT molecular complexity index is 4210. The number of hydrogen-bond donors (Lipinski definition) is 0. The van der Waals surface area contributed by atoms with Gasteiger partial charge in [0.05, 0.1) is 0 Å². The van der Waals surface area contributed by atoms with Crippen molar-refractivity contribution < 1.29 is 24.1 Å². The fourth-order valence-corrected chi connectivity index (χ4v) is 16.7. The van der Waals surface area contributed by atoms with Crippen LogP contribution in [0.5, 0.6) is 11.5 Å². The van der Waals surface area contributed by atoms with Crippen molar-refractivity contribution in [3.63, 3.8) is 0 Å². The quantitative estimate of drug-likeness (QED) is 0.149. The predicted molar refractivity (Wildman–Crippen MR) is 306 cm³/mol. The van der Waals surface area contributed by atoms with E-state index >= 15 is 0 Å². The molecule has 8 aromatic carbocycles. The van der Waals surface area contributed by atoms with Gasteiger partial charge in [-0.25, -0.2) is 0 Å². The Morgan fingerprint density at radius 2 is 1.16 bits per heavy atom. The second-order valence-corrected chi connectivity index (χ2v) is 23.9. The Morgan fingerprint density at radius 1 is 0.545 bits per heavy atom. The van der Waals surface area contributed by atoms with Gasteiger partial charge in [0, 0.05) is 11.8 Å². The fraction of sp³-hybridized carbons (Fsp3) is 0.239. The zero-order chi connectivity index (χ0) is 51.0. The van der Waals surface area contributed by atoms with Crippen molar-refractivity contribution in [3.8, 4) is 39.8 Å². The van der Waals surface area contributed by atoms with Gasteiger partial charge < -0.3 is 0 Å². The summed E-state index contributed by atoms with van der Waals surface area (Å²) < 4.78 is 15.4. The van der Waals surface area contributed by atoms with E-state index in [1.807, 2.05) is 18.3 Å². The van der Waals surface area contributed by atoms with E-state index in [1.165, 1.54) is 71.1 Å². The number of hydrogen-bond acceptors (Lipinski definition) is 2. The van der Waals surface area contributed by atoms with Crippen LogP contribution in [0.15, 0.2) is 170 Å². The Morgan fingerprint density at radius 3 is 1.84 bits per heavy atom. The molecule has 0 N–H and O–H groups in total. The Hall–Kier alpha value is -7.33. The van der Waals surface area contributed by atoms with Gasteiger partial charge in [0.1, 0.15) is 0 Å². The van der Waals surface area contributed by atoms with E-state index in [9.17, 15) is 0 Å². The van der Waals surface area contributed by atoms with Crippen molar-refractivity contribution in [3.05, 3.63) is 242 Å². The summed E-state index contributed by atoms with van der Waals surface area (Å²) in [6.07, 6.45) is 17.8. The zero-order valence-electron chi connectivity index (χ0n) is 43.4. The molecule has 1 saturated carbocycles. The number of nitrogens with zero attached hydrogens (tertiary/aromatic N) is 4. The van der Waals surface area contributed by atoms with Crippen LogP contribution in [0, 0.1) is 22.9 Å². The number of para-hydroxylation sites is 3. The first-order chi connectivity index (χ1) is 37.9. The summed E-state index contributed by atoms with van der Waals surface area (Å²) in [4.78, 5) is 5.18. The average Bonchev–Trinajstić information content (AvgIpc) is 4.41. The first kappa shape index (κ1) is 45.8. The van der Waals surface area contributed by atoms with Crippen molar-refractivity contribution in [2.24, 2.45) is 0 Å². The molecule has 3 heterocycles. The van der Waals surface area contributed by atoms with Gasteiger partial charge in [0.2, 0.25) is 0 Å². The number of ether oxygens (including phenoxy) is 1. The van der Waals surface area contributed by atoms with Gasteiger partial charge >= 0.3 is 354 Å². The van der Waals surface area contributed by atoms with E-state index < -0.39 is 0 Å². The van der Waals surface area contributed by atoms with Gasteiger partial charge in [-0.1, -0.05) is 55.7 Å². The van der Waals surface area contributed by atoms with Crippen LogP contribution in [-0.2, 0) is 55.9 Å². The van der Waals surface area contributed by atoms with Crippen LogP contribution in [0.25, 0.3) is 61.2 Å². The van der Waals surface area contributed by atoms with Crippen molar-refractivity contribution in [2.75, 3.05) is 0 Å². The number of aryl methyl sites for hydroxylation is 5. The molecule has 0 amide bonds. The van der Waals surface area contributed by atoms with E-state index in [-0.39, 0.29) is 10.8 Å².